The number of aliphatic hydroxyl groups is 1. The molecular weight excluding hydrogens is 140 g/mol. The van der Waals surface area contributed by atoms with E-state index >= 15 is 0 Å². The molecule has 1 aliphatic heterocycles. The van der Waals surface area contributed by atoms with Gasteiger partial charge in [-0.15, -0.1) is 0 Å². The first kappa shape index (κ1) is 7.56. The van der Waals surface area contributed by atoms with Crippen molar-refractivity contribution < 1.29 is 9.84 Å². The summed E-state index contributed by atoms with van der Waals surface area (Å²) in [6.45, 7) is 1.11. The van der Waals surface area contributed by atoms with E-state index in [4.69, 9.17) is 9.84 Å². The molecule has 2 bridgehead atoms. The Labute approximate surface area is 67.6 Å². The summed E-state index contributed by atoms with van der Waals surface area (Å²) in [4.78, 5) is 0. The quantitative estimate of drug-likeness (QED) is 0.618. The van der Waals surface area contributed by atoms with E-state index in [1.54, 1.807) is 0 Å². The van der Waals surface area contributed by atoms with Crippen LogP contribution in [0.4, 0.5) is 0 Å². The number of rotatable bonds is 1. The van der Waals surface area contributed by atoms with Crippen LogP contribution in [0.5, 0.6) is 0 Å². The van der Waals surface area contributed by atoms with E-state index in [-0.39, 0.29) is 12.7 Å². The molecule has 3 atom stereocenters. The summed E-state index contributed by atoms with van der Waals surface area (Å²) in [7, 11) is 0. The van der Waals surface area contributed by atoms with Crippen molar-refractivity contribution >= 4 is 0 Å². The van der Waals surface area contributed by atoms with Crippen LogP contribution in [-0.2, 0) is 4.74 Å². The van der Waals surface area contributed by atoms with Gasteiger partial charge in [0, 0.05) is 6.61 Å². The smallest absolute Gasteiger partial charge is 0.0834 e. The third-order valence-corrected chi connectivity index (χ3v) is 3.08. The Morgan fingerprint density at radius 3 is 3.09 bits per heavy atom. The topological polar surface area (TPSA) is 29.5 Å². The molecule has 1 saturated heterocycles. The Hall–Kier alpha value is -0.0800. The molecule has 2 fully saturated rings. The molecule has 2 rings (SSSR count). The predicted molar refractivity (Wildman–Crippen MR) is 42.3 cm³/mol. The molecule has 0 amide bonds. The summed E-state index contributed by atoms with van der Waals surface area (Å²) in [5.41, 5.74) is 0. The van der Waals surface area contributed by atoms with Gasteiger partial charge in [0.1, 0.15) is 0 Å². The first-order chi connectivity index (χ1) is 5.40. The van der Waals surface area contributed by atoms with Crippen LogP contribution in [0.3, 0.4) is 0 Å². The van der Waals surface area contributed by atoms with E-state index in [0.29, 0.717) is 5.92 Å². The average molecular weight is 156 g/mol. The van der Waals surface area contributed by atoms with E-state index in [1.165, 1.54) is 25.7 Å². The molecule has 0 aromatic carbocycles. The lowest BCUT2D eigenvalue weighted by atomic mass is 9.77. The molecule has 1 saturated carbocycles. The molecule has 2 heteroatoms. The highest BCUT2D eigenvalue weighted by Crippen LogP contribution is 2.36. The van der Waals surface area contributed by atoms with Gasteiger partial charge >= 0.3 is 0 Å². The van der Waals surface area contributed by atoms with Crippen molar-refractivity contribution in [3.8, 4) is 0 Å². The SMILES string of the molecule is OC[C@@H]1OC[C@@H]2CCC[C@H]1C2. The molecule has 0 unspecified atom stereocenters. The largest absolute Gasteiger partial charge is 0.394 e. The van der Waals surface area contributed by atoms with E-state index in [9.17, 15) is 0 Å². The van der Waals surface area contributed by atoms with Gasteiger partial charge in [-0.1, -0.05) is 6.42 Å². The standard InChI is InChI=1S/C9H16O2/c10-5-9-8-3-1-2-7(4-8)6-11-9/h7-10H,1-6H2/t7-,8+,9+/m1/s1. The zero-order valence-electron chi connectivity index (χ0n) is 6.83. The minimum absolute atomic E-state index is 0.159. The van der Waals surface area contributed by atoms with Gasteiger partial charge in [0.05, 0.1) is 12.7 Å². The maximum atomic E-state index is 8.98. The number of hydrogen-bond acceptors (Lipinski definition) is 2. The summed E-state index contributed by atoms with van der Waals surface area (Å²) < 4.78 is 5.54. The molecule has 0 spiro atoms. The van der Waals surface area contributed by atoms with Gasteiger partial charge in [-0.05, 0) is 31.1 Å². The second kappa shape index (κ2) is 3.11. The maximum Gasteiger partial charge on any atom is 0.0834 e. The minimum atomic E-state index is 0.159. The fraction of sp³-hybridized carbons (Fsp3) is 1.00. The zero-order chi connectivity index (χ0) is 7.68. The van der Waals surface area contributed by atoms with Gasteiger partial charge in [0.15, 0.2) is 0 Å². The molecule has 1 N–H and O–H groups in total. The van der Waals surface area contributed by atoms with Crippen LogP contribution in [0.2, 0.25) is 0 Å². The van der Waals surface area contributed by atoms with E-state index in [1.807, 2.05) is 0 Å². The summed E-state index contributed by atoms with van der Waals surface area (Å²) >= 11 is 0. The van der Waals surface area contributed by atoms with E-state index in [0.717, 1.165) is 12.5 Å². The summed E-state index contributed by atoms with van der Waals surface area (Å²) in [5, 5.41) is 8.98. The average Bonchev–Trinajstić information content (AvgIpc) is 2.06. The Balaban J connectivity index is 1.97. The Bertz CT molecular complexity index is 136. The molecule has 1 aliphatic carbocycles. The molecular formula is C9H16O2. The molecule has 64 valence electrons. The predicted octanol–water partition coefficient (Wildman–Crippen LogP) is 1.18. The Kier molecular flexibility index (Phi) is 2.14. The minimum Gasteiger partial charge on any atom is -0.394 e. The van der Waals surface area contributed by atoms with Crippen LogP contribution in [0.25, 0.3) is 0 Å². The van der Waals surface area contributed by atoms with Gasteiger partial charge in [0.2, 0.25) is 0 Å². The maximum absolute atomic E-state index is 8.98. The van der Waals surface area contributed by atoms with Gasteiger partial charge in [0.25, 0.3) is 0 Å². The second-order valence-corrected chi connectivity index (χ2v) is 3.85. The number of hydrogen-bond donors (Lipinski definition) is 1. The molecule has 2 aliphatic rings. The highest BCUT2D eigenvalue weighted by Gasteiger charge is 2.33. The van der Waals surface area contributed by atoms with Crippen molar-refractivity contribution in [1.29, 1.82) is 0 Å². The number of ether oxygens (including phenoxy) is 1. The molecule has 1 heterocycles. The van der Waals surface area contributed by atoms with Gasteiger partial charge in [-0.3, -0.25) is 0 Å². The lowest BCUT2D eigenvalue weighted by Gasteiger charge is -2.39. The van der Waals surface area contributed by atoms with Gasteiger partial charge < -0.3 is 9.84 Å². The molecule has 11 heavy (non-hydrogen) atoms. The molecule has 0 aromatic rings. The van der Waals surface area contributed by atoms with E-state index < -0.39 is 0 Å². The third-order valence-electron chi connectivity index (χ3n) is 3.08. The number of aliphatic hydroxyl groups excluding tert-OH is 1. The lowest BCUT2D eigenvalue weighted by molar-refractivity contribution is -0.0963. The van der Waals surface area contributed by atoms with Crippen LogP contribution in [0.15, 0.2) is 0 Å². The van der Waals surface area contributed by atoms with Gasteiger partial charge in [-0.2, -0.15) is 0 Å². The lowest BCUT2D eigenvalue weighted by Crippen LogP contribution is -2.39. The summed E-state index contributed by atoms with van der Waals surface area (Å²) in [6, 6.07) is 0. The van der Waals surface area contributed by atoms with Crippen LogP contribution in [0.1, 0.15) is 25.7 Å². The Morgan fingerprint density at radius 2 is 2.27 bits per heavy atom. The van der Waals surface area contributed by atoms with Crippen molar-refractivity contribution in [3.05, 3.63) is 0 Å². The van der Waals surface area contributed by atoms with Crippen molar-refractivity contribution in [2.45, 2.75) is 31.8 Å². The van der Waals surface area contributed by atoms with Crippen molar-refractivity contribution in [1.82, 2.24) is 0 Å². The first-order valence-corrected chi connectivity index (χ1v) is 4.62. The fourth-order valence-electron chi connectivity index (χ4n) is 2.42. The van der Waals surface area contributed by atoms with Crippen LogP contribution in [0, 0.1) is 11.8 Å². The van der Waals surface area contributed by atoms with Crippen molar-refractivity contribution in [2.24, 2.45) is 11.8 Å². The Morgan fingerprint density at radius 1 is 1.36 bits per heavy atom. The van der Waals surface area contributed by atoms with Crippen LogP contribution < -0.4 is 0 Å². The fourth-order valence-corrected chi connectivity index (χ4v) is 2.42. The van der Waals surface area contributed by atoms with Crippen molar-refractivity contribution in [3.63, 3.8) is 0 Å². The highest BCUT2D eigenvalue weighted by molar-refractivity contribution is 4.82. The highest BCUT2D eigenvalue weighted by atomic mass is 16.5. The first-order valence-electron chi connectivity index (χ1n) is 4.62. The van der Waals surface area contributed by atoms with Crippen molar-refractivity contribution in [2.75, 3.05) is 13.2 Å². The molecule has 0 radical (unpaired) electrons. The summed E-state index contributed by atoms with van der Waals surface area (Å²) in [6.07, 6.45) is 5.41. The second-order valence-electron chi connectivity index (χ2n) is 3.85. The normalized spacial score (nSPS) is 43.9. The number of fused-ring (bicyclic) bond motifs is 2. The third kappa shape index (κ3) is 1.42. The van der Waals surface area contributed by atoms with Crippen LogP contribution in [-0.4, -0.2) is 24.4 Å². The monoisotopic (exact) mass is 156 g/mol. The summed E-state index contributed by atoms with van der Waals surface area (Å²) in [5.74, 6) is 1.46. The van der Waals surface area contributed by atoms with E-state index in [2.05, 4.69) is 0 Å². The molecule has 2 nitrogen and oxygen atoms in total. The van der Waals surface area contributed by atoms with Crippen LogP contribution >= 0.6 is 0 Å². The zero-order valence-corrected chi connectivity index (χ0v) is 6.83. The molecule has 0 aromatic heterocycles. The van der Waals surface area contributed by atoms with Gasteiger partial charge in [-0.25, -0.2) is 0 Å².